The summed E-state index contributed by atoms with van der Waals surface area (Å²) in [6, 6.07) is 10.0. The molecule has 1 aromatic heterocycles. The van der Waals surface area contributed by atoms with Crippen LogP contribution < -0.4 is 9.80 Å². The fourth-order valence-electron chi connectivity index (χ4n) is 2.80. The predicted molar refractivity (Wildman–Crippen MR) is 91.1 cm³/mol. The Balaban J connectivity index is 1.70. The van der Waals surface area contributed by atoms with E-state index in [0.717, 1.165) is 49.7 Å². The van der Waals surface area contributed by atoms with Gasteiger partial charge in [-0.25, -0.2) is 4.98 Å². The molecule has 2 heterocycles. The van der Waals surface area contributed by atoms with Crippen LogP contribution in [0.5, 0.6) is 0 Å². The van der Waals surface area contributed by atoms with Crippen LogP contribution in [0.2, 0.25) is 5.02 Å². The van der Waals surface area contributed by atoms with E-state index in [1.54, 1.807) is 0 Å². The zero-order valence-corrected chi connectivity index (χ0v) is 13.9. The van der Waals surface area contributed by atoms with E-state index in [4.69, 9.17) is 16.0 Å². The molecule has 3 rings (SSSR count). The molecule has 1 saturated heterocycles. The van der Waals surface area contributed by atoms with Gasteiger partial charge in [0.25, 0.3) is 0 Å². The molecule has 0 atom stereocenters. The van der Waals surface area contributed by atoms with Crippen molar-refractivity contribution in [3.63, 3.8) is 0 Å². The maximum absolute atomic E-state index is 9.27. The Hall–Kier alpha value is -2.19. The number of halogens is 1. The van der Waals surface area contributed by atoms with Crippen molar-refractivity contribution in [2.24, 2.45) is 0 Å². The van der Waals surface area contributed by atoms with Gasteiger partial charge >= 0.3 is 0 Å². The van der Waals surface area contributed by atoms with E-state index in [1.807, 2.05) is 18.2 Å². The number of nitriles is 1. The van der Waals surface area contributed by atoms with Crippen molar-refractivity contribution in [3.8, 4) is 6.07 Å². The molecule has 120 valence electrons. The van der Waals surface area contributed by atoms with Crippen LogP contribution >= 0.6 is 11.6 Å². The third kappa shape index (κ3) is 3.43. The van der Waals surface area contributed by atoms with Gasteiger partial charge in [-0.15, -0.1) is 0 Å². The molecule has 0 saturated carbocycles. The maximum Gasteiger partial charge on any atom is 0.234 e. The normalized spacial score (nSPS) is 14.8. The van der Waals surface area contributed by atoms with Crippen LogP contribution in [0.3, 0.4) is 0 Å². The van der Waals surface area contributed by atoms with Gasteiger partial charge in [0.2, 0.25) is 11.6 Å². The first-order valence-electron chi connectivity index (χ1n) is 7.86. The van der Waals surface area contributed by atoms with Crippen molar-refractivity contribution in [1.29, 1.82) is 5.26 Å². The molecule has 0 N–H and O–H groups in total. The average Bonchev–Trinajstić information content (AvgIpc) is 2.98. The van der Waals surface area contributed by atoms with Crippen LogP contribution in [0.1, 0.15) is 24.9 Å². The molecule has 0 aliphatic carbocycles. The Morgan fingerprint density at radius 2 is 2.00 bits per heavy atom. The molecule has 0 bridgehead atoms. The Bertz CT molecular complexity index is 714. The predicted octanol–water partition coefficient (Wildman–Crippen LogP) is 3.48. The Labute approximate surface area is 141 Å². The summed E-state index contributed by atoms with van der Waals surface area (Å²) in [6.07, 6.45) is 1.71. The van der Waals surface area contributed by atoms with Crippen molar-refractivity contribution in [2.45, 2.75) is 19.8 Å². The van der Waals surface area contributed by atoms with Gasteiger partial charge in [-0.05, 0) is 24.6 Å². The highest BCUT2D eigenvalue weighted by Crippen LogP contribution is 2.26. The Morgan fingerprint density at radius 3 is 2.65 bits per heavy atom. The summed E-state index contributed by atoms with van der Waals surface area (Å²) in [5.41, 5.74) is 1.52. The van der Waals surface area contributed by atoms with Gasteiger partial charge in [0, 0.05) is 43.3 Å². The largest absolute Gasteiger partial charge is 0.424 e. The van der Waals surface area contributed by atoms with E-state index in [0.29, 0.717) is 17.5 Å². The number of piperazine rings is 1. The SMILES string of the molecule is CCCc1nc(C#N)c(N2CCN(c3cccc(Cl)c3)CC2)o1. The molecule has 23 heavy (non-hydrogen) atoms. The van der Waals surface area contributed by atoms with E-state index in [9.17, 15) is 5.26 Å². The molecule has 1 aliphatic heterocycles. The van der Waals surface area contributed by atoms with E-state index in [-0.39, 0.29) is 0 Å². The Morgan fingerprint density at radius 1 is 1.26 bits per heavy atom. The fourth-order valence-corrected chi connectivity index (χ4v) is 2.99. The van der Waals surface area contributed by atoms with Crippen molar-refractivity contribution in [1.82, 2.24) is 4.98 Å². The topological polar surface area (TPSA) is 56.3 Å². The molecule has 0 radical (unpaired) electrons. The number of aromatic nitrogens is 1. The first-order chi connectivity index (χ1) is 11.2. The highest BCUT2D eigenvalue weighted by atomic mass is 35.5. The van der Waals surface area contributed by atoms with Crippen LogP contribution in [-0.4, -0.2) is 31.2 Å². The van der Waals surface area contributed by atoms with Gasteiger partial charge in [-0.3, -0.25) is 0 Å². The van der Waals surface area contributed by atoms with E-state index < -0.39 is 0 Å². The molecule has 5 nitrogen and oxygen atoms in total. The number of hydrogen-bond donors (Lipinski definition) is 0. The molecule has 1 aromatic carbocycles. The van der Waals surface area contributed by atoms with Gasteiger partial charge in [0.1, 0.15) is 6.07 Å². The summed E-state index contributed by atoms with van der Waals surface area (Å²) in [6.45, 7) is 5.37. The van der Waals surface area contributed by atoms with Gasteiger partial charge < -0.3 is 14.2 Å². The zero-order chi connectivity index (χ0) is 16.2. The molecule has 0 spiro atoms. The average molecular weight is 331 g/mol. The summed E-state index contributed by atoms with van der Waals surface area (Å²) in [4.78, 5) is 8.67. The lowest BCUT2D eigenvalue weighted by Crippen LogP contribution is -2.46. The van der Waals surface area contributed by atoms with Gasteiger partial charge in [0.05, 0.1) is 0 Å². The summed E-state index contributed by atoms with van der Waals surface area (Å²) in [5.74, 6) is 1.26. The lowest BCUT2D eigenvalue weighted by atomic mass is 10.2. The van der Waals surface area contributed by atoms with Gasteiger partial charge in [-0.2, -0.15) is 5.26 Å². The second kappa shape index (κ2) is 6.93. The number of anilines is 2. The van der Waals surface area contributed by atoms with Gasteiger partial charge in [0.15, 0.2) is 5.89 Å². The van der Waals surface area contributed by atoms with Crippen molar-refractivity contribution in [2.75, 3.05) is 36.0 Å². The molecule has 6 heteroatoms. The minimum atomic E-state index is 0.393. The summed E-state index contributed by atoms with van der Waals surface area (Å²) < 4.78 is 5.80. The van der Waals surface area contributed by atoms with Crippen LogP contribution in [0, 0.1) is 11.3 Å². The third-order valence-corrected chi connectivity index (χ3v) is 4.20. The molecule has 0 unspecified atom stereocenters. The standard InChI is InChI=1S/C17H19ClN4O/c1-2-4-16-20-15(12-19)17(23-16)22-9-7-21(8-10-22)14-6-3-5-13(18)11-14/h3,5-6,11H,2,4,7-10H2,1H3. The number of nitrogens with zero attached hydrogens (tertiary/aromatic N) is 4. The summed E-state index contributed by atoms with van der Waals surface area (Å²) in [5, 5.41) is 10.0. The molecular weight excluding hydrogens is 312 g/mol. The molecular formula is C17H19ClN4O. The Kier molecular flexibility index (Phi) is 4.73. The highest BCUT2D eigenvalue weighted by Gasteiger charge is 2.24. The third-order valence-electron chi connectivity index (χ3n) is 3.96. The summed E-state index contributed by atoms with van der Waals surface area (Å²) >= 11 is 6.06. The fraction of sp³-hybridized carbons (Fsp3) is 0.412. The monoisotopic (exact) mass is 330 g/mol. The maximum atomic E-state index is 9.27. The van der Waals surface area contributed by atoms with Crippen LogP contribution in [0.25, 0.3) is 0 Å². The van der Waals surface area contributed by atoms with Crippen molar-refractivity contribution in [3.05, 3.63) is 40.9 Å². The lowest BCUT2D eigenvalue weighted by Gasteiger charge is -2.36. The number of hydrogen-bond acceptors (Lipinski definition) is 5. The molecule has 1 aliphatic rings. The van der Waals surface area contributed by atoms with E-state index in [2.05, 4.69) is 33.8 Å². The summed E-state index contributed by atoms with van der Waals surface area (Å²) in [7, 11) is 0. The molecule has 2 aromatic rings. The smallest absolute Gasteiger partial charge is 0.234 e. The zero-order valence-electron chi connectivity index (χ0n) is 13.1. The van der Waals surface area contributed by atoms with Crippen LogP contribution in [0.4, 0.5) is 11.6 Å². The van der Waals surface area contributed by atoms with Crippen LogP contribution in [0.15, 0.2) is 28.7 Å². The first-order valence-corrected chi connectivity index (χ1v) is 8.24. The number of oxazole rings is 1. The second-order valence-electron chi connectivity index (χ2n) is 5.58. The highest BCUT2D eigenvalue weighted by molar-refractivity contribution is 6.30. The van der Waals surface area contributed by atoms with Crippen molar-refractivity contribution >= 4 is 23.2 Å². The van der Waals surface area contributed by atoms with Crippen molar-refractivity contribution < 1.29 is 4.42 Å². The number of benzene rings is 1. The van der Waals surface area contributed by atoms with Crippen LogP contribution in [-0.2, 0) is 6.42 Å². The second-order valence-corrected chi connectivity index (χ2v) is 6.01. The minimum absolute atomic E-state index is 0.393. The number of aryl methyl sites for hydroxylation is 1. The first kappa shape index (κ1) is 15.7. The number of rotatable bonds is 4. The van der Waals surface area contributed by atoms with E-state index in [1.165, 1.54) is 0 Å². The molecule has 1 fully saturated rings. The lowest BCUT2D eigenvalue weighted by molar-refractivity contribution is 0.474. The van der Waals surface area contributed by atoms with Gasteiger partial charge in [-0.1, -0.05) is 24.6 Å². The quantitative estimate of drug-likeness (QED) is 0.859. The molecule has 0 amide bonds. The minimum Gasteiger partial charge on any atom is -0.424 e. The van der Waals surface area contributed by atoms with E-state index >= 15 is 0 Å².